The van der Waals surface area contributed by atoms with Gasteiger partial charge in [0.15, 0.2) is 5.76 Å². The first-order valence-electron chi connectivity index (χ1n) is 8.02. The third-order valence-electron chi connectivity index (χ3n) is 3.74. The summed E-state index contributed by atoms with van der Waals surface area (Å²) < 4.78 is 28.8. The van der Waals surface area contributed by atoms with Gasteiger partial charge in [-0.15, -0.1) is 0 Å². The fraction of sp³-hybridized carbons (Fsp3) is 0.100. The third kappa shape index (κ3) is 4.33. The minimum Gasteiger partial charge on any atom is -0.496 e. The van der Waals surface area contributed by atoms with Gasteiger partial charge in [0, 0.05) is 5.56 Å². The van der Waals surface area contributed by atoms with E-state index in [-0.39, 0.29) is 23.6 Å². The maximum atomic E-state index is 13.4. The molecular weight excluding hydrogens is 353 g/mol. The van der Waals surface area contributed by atoms with Gasteiger partial charge >= 0.3 is 5.97 Å². The van der Waals surface area contributed by atoms with Crippen LogP contribution in [0.5, 0.6) is 5.75 Å². The van der Waals surface area contributed by atoms with Crippen LogP contribution in [0, 0.1) is 5.82 Å². The standard InChI is InChI=1S/C20H16FNO5/c1-25-17-9-8-14(21)11-13(17)12-27-20(24)15-5-2-3-6-16(15)22-19(23)18-7-4-10-26-18/h2-11H,12H2,1H3,(H,22,23). The van der Waals surface area contributed by atoms with Gasteiger partial charge in [0.25, 0.3) is 5.91 Å². The highest BCUT2D eigenvalue weighted by atomic mass is 19.1. The molecule has 0 saturated heterocycles. The van der Waals surface area contributed by atoms with Crippen molar-refractivity contribution in [2.24, 2.45) is 0 Å². The molecule has 138 valence electrons. The summed E-state index contributed by atoms with van der Waals surface area (Å²) in [6.45, 7) is -0.180. The Labute approximate surface area is 154 Å². The van der Waals surface area contributed by atoms with Crippen LogP contribution in [0.3, 0.4) is 0 Å². The maximum Gasteiger partial charge on any atom is 0.340 e. The molecule has 7 heteroatoms. The second-order valence-electron chi connectivity index (χ2n) is 5.51. The van der Waals surface area contributed by atoms with Crippen LogP contribution in [0.4, 0.5) is 10.1 Å². The molecule has 3 aromatic rings. The Balaban J connectivity index is 1.74. The number of amides is 1. The van der Waals surface area contributed by atoms with Crippen molar-refractivity contribution in [2.45, 2.75) is 6.61 Å². The molecule has 0 aliphatic carbocycles. The summed E-state index contributed by atoms with van der Waals surface area (Å²) in [5.41, 5.74) is 0.825. The average molecular weight is 369 g/mol. The Morgan fingerprint density at radius 2 is 1.93 bits per heavy atom. The lowest BCUT2D eigenvalue weighted by molar-refractivity contribution is 0.0471. The van der Waals surface area contributed by atoms with Crippen molar-refractivity contribution in [1.82, 2.24) is 0 Å². The molecule has 0 fully saturated rings. The number of rotatable bonds is 6. The van der Waals surface area contributed by atoms with Gasteiger partial charge in [0.2, 0.25) is 0 Å². The van der Waals surface area contributed by atoms with Crippen molar-refractivity contribution in [3.8, 4) is 5.75 Å². The minimum absolute atomic E-state index is 0.114. The summed E-state index contributed by atoms with van der Waals surface area (Å²) in [6.07, 6.45) is 1.38. The molecule has 3 rings (SSSR count). The molecule has 1 heterocycles. The zero-order chi connectivity index (χ0) is 19.2. The zero-order valence-corrected chi connectivity index (χ0v) is 14.4. The lowest BCUT2D eigenvalue weighted by Crippen LogP contribution is -2.15. The van der Waals surface area contributed by atoms with Gasteiger partial charge < -0.3 is 19.2 Å². The van der Waals surface area contributed by atoms with Crippen molar-refractivity contribution >= 4 is 17.6 Å². The smallest absolute Gasteiger partial charge is 0.340 e. The highest BCUT2D eigenvalue weighted by Gasteiger charge is 2.17. The van der Waals surface area contributed by atoms with Crippen LogP contribution in [0.2, 0.25) is 0 Å². The van der Waals surface area contributed by atoms with E-state index in [2.05, 4.69) is 5.32 Å². The van der Waals surface area contributed by atoms with E-state index in [1.807, 2.05) is 0 Å². The Kier molecular flexibility index (Phi) is 5.51. The third-order valence-corrected chi connectivity index (χ3v) is 3.74. The molecule has 2 aromatic carbocycles. The van der Waals surface area contributed by atoms with E-state index in [4.69, 9.17) is 13.9 Å². The molecule has 0 aliphatic heterocycles. The fourth-order valence-electron chi connectivity index (χ4n) is 2.44. The number of nitrogens with one attached hydrogen (secondary N) is 1. The predicted molar refractivity (Wildman–Crippen MR) is 95.2 cm³/mol. The van der Waals surface area contributed by atoms with Crippen molar-refractivity contribution in [3.05, 3.63) is 83.6 Å². The second kappa shape index (κ2) is 8.18. The molecule has 6 nitrogen and oxygen atoms in total. The predicted octanol–water partition coefficient (Wildman–Crippen LogP) is 4.04. The van der Waals surface area contributed by atoms with Gasteiger partial charge in [-0.1, -0.05) is 12.1 Å². The fourth-order valence-corrected chi connectivity index (χ4v) is 2.44. The first-order valence-corrected chi connectivity index (χ1v) is 8.02. The van der Waals surface area contributed by atoms with E-state index >= 15 is 0 Å². The SMILES string of the molecule is COc1ccc(F)cc1COC(=O)c1ccccc1NC(=O)c1ccco1. The highest BCUT2D eigenvalue weighted by molar-refractivity contribution is 6.06. The Morgan fingerprint density at radius 1 is 1.11 bits per heavy atom. The van der Waals surface area contributed by atoms with Crippen LogP contribution in [-0.2, 0) is 11.3 Å². The van der Waals surface area contributed by atoms with Crippen LogP contribution in [0.25, 0.3) is 0 Å². The normalized spacial score (nSPS) is 10.3. The van der Waals surface area contributed by atoms with Crippen molar-refractivity contribution in [1.29, 1.82) is 0 Å². The molecule has 27 heavy (non-hydrogen) atoms. The quantitative estimate of drug-likeness (QED) is 0.664. The van der Waals surface area contributed by atoms with E-state index in [1.54, 1.807) is 24.3 Å². The molecule has 0 aliphatic rings. The monoisotopic (exact) mass is 369 g/mol. The van der Waals surface area contributed by atoms with Crippen LogP contribution in [0.1, 0.15) is 26.5 Å². The number of anilines is 1. The Hall–Kier alpha value is -3.61. The average Bonchev–Trinajstić information content (AvgIpc) is 3.21. The summed E-state index contributed by atoms with van der Waals surface area (Å²) in [6, 6.07) is 13.4. The number of carbonyl (C=O) groups excluding carboxylic acids is 2. The number of para-hydroxylation sites is 1. The Bertz CT molecular complexity index is 953. The van der Waals surface area contributed by atoms with E-state index in [0.717, 1.165) is 0 Å². The molecule has 0 radical (unpaired) electrons. The number of esters is 1. The van der Waals surface area contributed by atoms with Gasteiger partial charge in [0.05, 0.1) is 24.6 Å². The zero-order valence-electron chi connectivity index (χ0n) is 14.4. The molecule has 1 aromatic heterocycles. The van der Waals surface area contributed by atoms with Crippen molar-refractivity contribution < 1.29 is 27.9 Å². The Morgan fingerprint density at radius 3 is 2.67 bits per heavy atom. The summed E-state index contributed by atoms with van der Waals surface area (Å²) in [5, 5.41) is 2.61. The van der Waals surface area contributed by atoms with Gasteiger partial charge in [-0.25, -0.2) is 9.18 Å². The molecular formula is C20H16FNO5. The lowest BCUT2D eigenvalue weighted by atomic mass is 10.1. The van der Waals surface area contributed by atoms with Crippen molar-refractivity contribution in [2.75, 3.05) is 12.4 Å². The van der Waals surface area contributed by atoms with E-state index in [1.165, 1.54) is 43.7 Å². The number of carbonyl (C=O) groups is 2. The van der Waals surface area contributed by atoms with Crippen LogP contribution in [0.15, 0.2) is 65.3 Å². The first-order chi connectivity index (χ1) is 13.1. The molecule has 0 bridgehead atoms. The topological polar surface area (TPSA) is 77.8 Å². The van der Waals surface area contributed by atoms with E-state index in [0.29, 0.717) is 11.3 Å². The number of furan rings is 1. The molecule has 0 atom stereocenters. The molecule has 1 N–H and O–H groups in total. The highest BCUT2D eigenvalue weighted by Crippen LogP contribution is 2.22. The van der Waals surface area contributed by atoms with Gasteiger partial charge in [-0.05, 0) is 42.5 Å². The van der Waals surface area contributed by atoms with Crippen LogP contribution >= 0.6 is 0 Å². The van der Waals surface area contributed by atoms with Gasteiger partial charge in [-0.3, -0.25) is 4.79 Å². The number of hydrogen-bond donors (Lipinski definition) is 1. The molecule has 0 spiro atoms. The molecule has 1 amide bonds. The summed E-state index contributed by atoms with van der Waals surface area (Å²) in [4.78, 5) is 24.6. The minimum atomic E-state index is -0.670. The van der Waals surface area contributed by atoms with E-state index < -0.39 is 17.7 Å². The first kappa shape index (κ1) is 18.2. The van der Waals surface area contributed by atoms with E-state index in [9.17, 15) is 14.0 Å². The van der Waals surface area contributed by atoms with Gasteiger partial charge in [-0.2, -0.15) is 0 Å². The second-order valence-corrected chi connectivity index (χ2v) is 5.51. The number of hydrogen-bond acceptors (Lipinski definition) is 5. The molecule has 0 saturated carbocycles. The number of benzene rings is 2. The molecule has 0 unspecified atom stereocenters. The maximum absolute atomic E-state index is 13.4. The largest absolute Gasteiger partial charge is 0.496 e. The van der Waals surface area contributed by atoms with Crippen molar-refractivity contribution in [3.63, 3.8) is 0 Å². The van der Waals surface area contributed by atoms with Gasteiger partial charge in [0.1, 0.15) is 18.2 Å². The number of ether oxygens (including phenoxy) is 2. The lowest BCUT2D eigenvalue weighted by Gasteiger charge is -2.12. The number of methoxy groups -OCH3 is 1. The van der Waals surface area contributed by atoms with Crippen LogP contribution in [-0.4, -0.2) is 19.0 Å². The number of halogens is 1. The summed E-state index contributed by atoms with van der Waals surface area (Å²) in [5.74, 6) is -1.11. The summed E-state index contributed by atoms with van der Waals surface area (Å²) >= 11 is 0. The van der Waals surface area contributed by atoms with Crippen LogP contribution < -0.4 is 10.1 Å². The summed E-state index contributed by atoms with van der Waals surface area (Å²) in [7, 11) is 1.44.